The van der Waals surface area contributed by atoms with E-state index in [1.807, 2.05) is 20.8 Å². The van der Waals surface area contributed by atoms with E-state index in [1.54, 1.807) is 51.4 Å². The van der Waals surface area contributed by atoms with Crippen molar-refractivity contribution in [2.45, 2.75) is 103 Å². The van der Waals surface area contributed by atoms with Crippen molar-refractivity contribution in [3.8, 4) is 0 Å². The number of alkyl carbamates (subject to hydrolysis) is 1. The second-order valence-electron chi connectivity index (χ2n) is 14.4. The van der Waals surface area contributed by atoms with Gasteiger partial charge in [-0.25, -0.2) is 4.79 Å². The Morgan fingerprint density at radius 2 is 1.61 bits per heavy atom. The van der Waals surface area contributed by atoms with Gasteiger partial charge in [-0.3, -0.25) is 28.8 Å². The Hall–Kier alpha value is -4.49. The number of likely N-dealkylation sites (N-methyl/N-ethyl adjacent to an activating group) is 1. The first-order chi connectivity index (χ1) is 24.2. The third kappa shape index (κ3) is 12.1. The van der Waals surface area contributed by atoms with Crippen LogP contribution >= 0.6 is 0 Å². The SMILES string of the molecule is CCCC(NC(=O)C1CC(C)CN1C(=O)C(NC(=O)OCC(C)C)C1CCCCC1)C(=O)C(=O)NCC(=O)NC(C(=O)N(C)C)c1ccccc1. The van der Waals surface area contributed by atoms with Crippen LogP contribution in [0.5, 0.6) is 0 Å². The van der Waals surface area contributed by atoms with E-state index in [4.69, 9.17) is 4.74 Å². The summed E-state index contributed by atoms with van der Waals surface area (Å²) >= 11 is 0. The van der Waals surface area contributed by atoms with Gasteiger partial charge in [0, 0.05) is 20.6 Å². The van der Waals surface area contributed by atoms with E-state index in [-0.39, 0.29) is 42.6 Å². The van der Waals surface area contributed by atoms with Crippen molar-refractivity contribution >= 4 is 41.4 Å². The lowest BCUT2D eigenvalue weighted by atomic mass is 9.83. The molecule has 1 aromatic rings. The average Bonchev–Trinajstić information content (AvgIpc) is 3.52. The topological polar surface area (TPSA) is 183 Å². The van der Waals surface area contributed by atoms with E-state index in [9.17, 15) is 33.6 Å². The Morgan fingerprint density at radius 3 is 2.22 bits per heavy atom. The molecular formula is C37H56N6O8. The first-order valence-electron chi connectivity index (χ1n) is 18.1. The monoisotopic (exact) mass is 712 g/mol. The van der Waals surface area contributed by atoms with Gasteiger partial charge in [-0.2, -0.15) is 0 Å². The van der Waals surface area contributed by atoms with Crippen molar-refractivity contribution in [3.63, 3.8) is 0 Å². The van der Waals surface area contributed by atoms with E-state index >= 15 is 0 Å². The minimum absolute atomic E-state index is 0.0224. The maximum absolute atomic E-state index is 14.1. The molecule has 6 amide bonds. The summed E-state index contributed by atoms with van der Waals surface area (Å²) in [4.78, 5) is 95.3. The lowest BCUT2D eigenvalue weighted by Gasteiger charge is -2.34. The number of Topliss-reactive ketones (excluding diaryl/α,β-unsaturated/α-hetero) is 1. The molecule has 51 heavy (non-hydrogen) atoms. The molecule has 4 N–H and O–H groups in total. The van der Waals surface area contributed by atoms with Gasteiger partial charge in [0.05, 0.1) is 19.2 Å². The van der Waals surface area contributed by atoms with E-state index < -0.39 is 60.3 Å². The summed E-state index contributed by atoms with van der Waals surface area (Å²) in [5.41, 5.74) is 0.554. The van der Waals surface area contributed by atoms with Crippen LogP contribution in [0.25, 0.3) is 0 Å². The molecule has 282 valence electrons. The molecular weight excluding hydrogens is 656 g/mol. The largest absolute Gasteiger partial charge is 0.449 e. The zero-order valence-electron chi connectivity index (χ0n) is 30.9. The van der Waals surface area contributed by atoms with E-state index in [0.29, 0.717) is 24.9 Å². The summed E-state index contributed by atoms with van der Waals surface area (Å²) < 4.78 is 5.34. The Bertz CT molecular complexity index is 1380. The molecule has 14 heteroatoms. The normalized spacial score (nSPS) is 19.3. The molecule has 5 atom stereocenters. The maximum atomic E-state index is 14.1. The number of likely N-dealkylation sites (tertiary alicyclic amines) is 1. The average molecular weight is 713 g/mol. The summed E-state index contributed by atoms with van der Waals surface area (Å²) in [6.45, 7) is 7.50. The molecule has 2 fully saturated rings. The number of amides is 6. The number of nitrogens with one attached hydrogen (secondary N) is 4. The van der Waals surface area contributed by atoms with Crippen molar-refractivity contribution in [1.29, 1.82) is 0 Å². The summed E-state index contributed by atoms with van der Waals surface area (Å²) in [5, 5.41) is 10.4. The zero-order chi connectivity index (χ0) is 37.7. The Balaban J connectivity index is 1.67. The summed E-state index contributed by atoms with van der Waals surface area (Å²) in [5.74, 6) is -3.98. The van der Waals surface area contributed by atoms with Gasteiger partial charge in [-0.1, -0.05) is 83.7 Å². The minimum Gasteiger partial charge on any atom is -0.449 e. The fourth-order valence-corrected chi connectivity index (χ4v) is 6.61. The van der Waals surface area contributed by atoms with Gasteiger partial charge < -0.3 is 35.8 Å². The Labute approximate surface area is 301 Å². The standard InChI is InChI=1S/C37H56N6O8/c1-7-14-27(32(45)34(47)38-20-29(44)40-30(35(48)42(5)6)25-15-10-8-11-16-25)39-33(46)28-19-24(4)21-43(28)36(49)31(26-17-12-9-13-18-26)41-37(50)51-22-23(2)3/h8,10-11,15-16,23-24,26-28,30-31H,7,9,12-14,17-22H2,1-6H3,(H,38,47)(H,39,46)(H,40,44)(H,41,50). The van der Waals surface area contributed by atoms with Crippen LogP contribution in [0.3, 0.4) is 0 Å². The summed E-state index contributed by atoms with van der Waals surface area (Å²) in [6.07, 6.45) is 4.74. The van der Waals surface area contributed by atoms with Crippen molar-refractivity contribution in [1.82, 2.24) is 31.1 Å². The van der Waals surface area contributed by atoms with Crippen molar-refractivity contribution in [2.24, 2.45) is 17.8 Å². The predicted molar refractivity (Wildman–Crippen MR) is 190 cm³/mol. The molecule has 0 bridgehead atoms. The molecule has 1 saturated heterocycles. The second kappa shape index (κ2) is 19.8. The fourth-order valence-electron chi connectivity index (χ4n) is 6.61. The molecule has 1 aromatic carbocycles. The Morgan fingerprint density at radius 1 is 0.941 bits per heavy atom. The number of hydrogen-bond acceptors (Lipinski definition) is 8. The number of carbonyl (C=O) groups excluding carboxylic acids is 7. The lowest BCUT2D eigenvalue weighted by Crippen LogP contribution is -2.58. The van der Waals surface area contributed by atoms with Crippen LogP contribution in [0.1, 0.15) is 90.7 Å². The third-order valence-corrected chi connectivity index (χ3v) is 9.27. The fraction of sp³-hybridized carbons (Fsp3) is 0.649. The molecule has 1 heterocycles. The molecule has 2 aliphatic rings. The molecule has 1 aliphatic heterocycles. The highest BCUT2D eigenvalue weighted by Crippen LogP contribution is 2.31. The first kappa shape index (κ1) is 40.9. The number of carbonyl (C=O) groups is 7. The minimum atomic E-state index is -1.19. The van der Waals surface area contributed by atoms with Crippen LogP contribution in [0.2, 0.25) is 0 Å². The quantitative estimate of drug-likeness (QED) is 0.189. The maximum Gasteiger partial charge on any atom is 0.407 e. The molecule has 14 nitrogen and oxygen atoms in total. The number of ether oxygens (including phenoxy) is 1. The van der Waals surface area contributed by atoms with Gasteiger partial charge in [0.2, 0.25) is 29.4 Å². The van der Waals surface area contributed by atoms with Crippen LogP contribution < -0.4 is 21.3 Å². The van der Waals surface area contributed by atoms with Gasteiger partial charge in [0.15, 0.2) is 0 Å². The molecule has 0 spiro atoms. The summed E-state index contributed by atoms with van der Waals surface area (Å²) in [7, 11) is 3.12. The van der Waals surface area contributed by atoms with Gasteiger partial charge in [-0.05, 0) is 49.0 Å². The van der Waals surface area contributed by atoms with E-state index in [0.717, 1.165) is 32.1 Å². The molecule has 5 unspecified atom stereocenters. The molecule has 1 saturated carbocycles. The van der Waals surface area contributed by atoms with Crippen LogP contribution in [0.4, 0.5) is 4.79 Å². The molecule has 0 radical (unpaired) electrons. The van der Waals surface area contributed by atoms with Gasteiger partial charge in [0.1, 0.15) is 18.1 Å². The smallest absolute Gasteiger partial charge is 0.407 e. The van der Waals surface area contributed by atoms with Crippen LogP contribution in [-0.4, -0.2) is 103 Å². The van der Waals surface area contributed by atoms with Gasteiger partial charge in [-0.15, -0.1) is 0 Å². The number of ketones is 1. The van der Waals surface area contributed by atoms with Crippen LogP contribution in [0.15, 0.2) is 30.3 Å². The number of hydrogen-bond donors (Lipinski definition) is 4. The molecule has 3 rings (SSSR count). The van der Waals surface area contributed by atoms with Crippen LogP contribution in [0, 0.1) is 17.8 Å². The van der Waals surface area contributed by atoms with Gasteiger partial charge >= 0.3 is 6.09 Å². The highest BCUT2D eigenvalue weighted by atomic mass is 16.5. The highest BCUT2D eigenvalue weighted by Gasteiger charge is 2.44. The number of rotatable bonds is 16. The van der Waals surface area contributed by atoms with Crippen LogP contribution in [-0.2, 0) is 33.5 Å². The number of nitrogens with zero attached hydrogens (tertiary/aromatic N) is 2. The lowest BCUT2D eigenvalue weighted by molar-refractivity contribution is -0.143. The number of benzene rings is 1. The van der Waals surface area contributed by atoms with Crippen molar-refractivity contribution < 1.29 is 38.3 Å². The Kier molecular flexibility index (Phi) is 15.9. The van der Waals surface area contributed by atoms with Crippen molar-refractivity contribution in [3.05, 3.63) is 35.9 Å². The molecule has 1 aliphatic carbocycles. The third-order valence-electron chi connectivity index (χ3n) is 9.27. The zero-order valence-corrected chi connectivity index (χ0v) is 30.9. The van der Waals surface area contributed by atoms with E-state index in [1.165, 1.54) is 9.80 Å². The second-order valence-corrected chi connectivity index (χ2v) is 14.4. The molecule has 0 aromatic heterocycles. The first-order valence-corrected chi connectivity index (χ1v) is 18.1. The van der Waals surface area contributed by atoms with Gasteiger partial charge in [0.25, 0.3) is 5.91 Å². The summed E-state index contributed by atoms with van der Waals surface area (Å²) in [6, 6.07) is 4.69. The predicted octanol–water partition coefficient (Wildman–Crippen LogP) is 2.47. The highest BCUT2D eigenvalue weighted by molar-refractivity contribution is 6.38. The van der Waals surface area contributed by atoms with E-state index in [2.05, 4.69) is 21.3 Å². The van der Waals surface area contributed by atoms with Crippen molar-refractivity contribution in [2.75, 3.05) is 33.8 Å².